The first-order valence-electron chi connectivity index (χ1n) is 5.53. The molecule has 0 heterocycles. The predicted molar refractivity (Wildman–Crippen MR) is 65.1 cm³/mol. The van der Waals surface area contributed by atoms with Crippen molar-refractivity contribution in [3.63, 3.8) is 0 Å². The van der Waals surface area contributed by atoms with Crippen LogP contribution < -0.4 is 0 Å². The fourth-order valence-corrected chi connectivity index (χ4v) is 8.36. The Bertz CT molecular complexity index is 233. The maximum Gasteiger partial charge on any atom is 0.0645 e. The van der Waals surface area contributed by atoms with Crippen LogP contribution in [0.15, 0.2) is 0 Å². The van der Waals surface area contributed by atoms with Crippen molar-refractivity contribution in [2.75, 3.05) is 0 Å². The van der Waals surface area contributed by atoms with Crippen LogP contribution in [0.2, 0.25) is 19.6 Å². The van der Waals surface area contributed by atoms with Gasteiger partial charge >= 0.3 is 0 Å². The van der Waals surface area contributed by atoms with E-state index in [0.717, 1.165) is 5.92 Å². The molecule has 2 aliphatic rings. The summed E-state index contributed by atoms with van der Waals surface area (Å²) in [7, 11) is -1.03. The van der Waals surface area contributed by atoms with Gasteiger partial charge < -0.3 is 0 Å². The zero-order valence-corrected chi connectivity index (χ0v) is 11.9. The van der Waals surface area contributed by atoms with Crippen LogP contribution in [0.5, 0.6) is 0 Å². The van der Waals surface area contributed by atoms with Crippen molar-refractivity contribution >= 4 is 24.0 Å². The number of rotatable bonds is 1. The summed E-state index contributed by atoms with van der Waals surface area (Å²) in [5.41, 5.74) is 0.662. The van der Waals surface area contributed by atoms with Gasteiger partial charge in [-0.3, -0.25) is 0 Å². The summed E-state index contributed by atoms with van der Waals surface area (Å²) in [6.45, 7) is 10.1. The minimum Gasteiger partial charge on any atom is -0.0880 e. The van der Waals surface area contributed by atoms with Gasteiger partial charge in [-0.25, -0.2) is 0 Å². The number of fused-ring (bicyclic) bond motifs is 1. The van der Waals surface area contributed by atoms with Gasteiger partial charge in [0.2, 0.25) is 0 Å². The molecule has 2 fully saturated rings. The van der Waals surface area contributed by atoms with Gasteiger partial charge in [-0.1, -0.05) is 55.3 Å². The van der Waals surface area contributed by atoms with Crippen LogP contribution in [0.25, 0.3) is 0 Å². The largest absolute Gasteiger partial charge is 0.0880 e. The minimum atomic E-state index is -1.03. The molecule has 0 aromatic rings. The summed E-state index contributed by atoms with van der Waals surface area (Å²) in [6.07, 6.45) is 5.88. The first-order valence-corrected chi connectivity index (χ1v) is 9.82. The zero-order valence-electron chi connectivity index (χ0n) is 9.28. The lowest BCUT2D eigenvalue weighted by atomic mass is 9.90. The Morgan fingerprint density at radius 1 is 1.23 bits per heavy atom. The lowest BCUT2D eigenvalue weighted by Crippen LogP contribution is -2.40. The summed E-state index contributed by atoms with van der Waals surface area (Å²) in [6, 6.07) is 0. The van der Waals surface area contributed by atoms with Crippen LogP contribution >= 0.6 is 15.9 Å². The summed E-state index contributed by atoms with van der Waals surface area (Å²) in [4.78, 5) is 0. The molecular formula is C11H21BrSi. The highest BCUT2D eigenvalue weighted by atomic mass is 79.9. The molecule has 0 amide bonds. The van der Waals surface area contributed by atoms with E-state index < -0.39 is 8.07 Å². The van der Waals surface area contributed by atoms with Crippen molar-refractivity contribution in [1.82, 2.24) is 0 Å². The maximum absolute atomic E-state index is 4.12. The average molecular weight is 261 g/mol. The molecule has 13 heavy (non-hydrogen) atoms. The first-order chi connectivity index (χ1) is 5.84. The molecule has 0 aliphatic heterocycles. The van der Waals surface area contributed by atoms with Crippen molar-refractivity contribution in [1.29, 1.82) is 0 Å². The third-order valence-corrected chi connectivity index (χ3v) is 12.7. The lowest BCUT2D eigenvalue weighted by molar-refractivity contribution is 0.365. The smallest absolute Gasteiger partial charge is 0.0645 e. The Morgan fingerprint density at radius 2 is 1.85 bits per heavy atom. The van der Waals surface area contributed by atoms with Crippen LogP contribution in [0, 0.1) is 11.3 Å². The van der Waals surface area contributed by atoms with Crippen molar-refractivity contribution in [2.45, 2.75) is 56.2 Å². The zero-order chi connectivity index (χ0) is 9.91. The van der Waals surface area contributed by atoms with Crippen LogP contribution in [0.3, 0.4) is 0 Å². The predicted octanol–water partition coefficient (Wildman–Crippen LogP) is 4.21. The van der Waals surface area contributed by atoms with E-state index in [0.29, 0.717) is 9.36 Å². The molecule has 2 aliphatic carbocycles. The highest BCUT2D eigenvalue weighted by Crippen LogP contribution is 2.76. The van der Waals surface area contributed by atoms with Crippen LogP contribution in [-0.4, -0.2) is 12.0 Å². The molecule has 2 rings (SSSR count). The molecule has 3 atom stereocenters. The van der Waals surface area contributed by atoms with E-state index in [9.17, 15) is 0 Å². The molecule has 76 valence electrons. The SMILES string of the molecule is C[C@]12CCCC[C@H]1[C@]2(Br)[Si](C)(C)C. The lowest BCUT2D eigenvalue weighted by Gasteiger charge is -2.28. The normalized spacial score (nSPS) is 50.1. The van der Waals surface area contributed by atoms with Crippen LogP contribution in [0.1, 0.15) is 32.6 Å². The molecule has 2 heteroatoms. The quantitative estimate of drug-likeness (QED) is 0.490. The maximum atomic E-state index is 4.12. The Labute approximate surface area is 91.6 Å². The van der Waals surface area contributed by atoms with E-state index in [4.69, 9.17) is 0 Å². The molecule has 0 aromatic carbocycles. The average Bonchev–Trinajstić information content (AvgIpc) is 2.51. The van der Waals surface area contributed by atoms with E-state index in [2.05, 4.69) is 42.5 Å². The Kier molecular flexibility index (Phi) is 2.07. The molecule has 0 saturated heterocycles. The van der Waals surface area contributed by atoms with Gasteiger partial charge in [-0.2, -0.15) is 0 Å². The van der Waals surface area contributed by atoms with E-state index in [-0.39, 0.29) is 0 Å². The van der Waals surface area contributed by atoms with Crippen molar-refractivity contribution < 1.29 is 0 Å². The molecular weight excluding hydrogens is 240 g/mol. The van der Waals surface area contributed by atoms with Crippen molar-refractivity contribution in [3.05, 3.63) is 0 Å². The van der Waals surface area contributed by atoms with Gasteiger partial charge in [0.15, 0.2) is 0 Å². The van der Waals surface area contributed by atoms with Gasteiger partial charge in [0.1, 0.15) is 0 Å². The topological polar surface area (TPSA) is 0 Å². The van der Waals surface area contributed by atoms with Gasteiger partial charge in [0.05, 0.1) is 8.07 Å². The molecule has 0 radical (unpaired) electrons. The van der Waals surface area contributed by atoms with Gasteiger partial charge in [0, 0.05) is 3.95 Å². The molecule has 0 aromatic heterocycles. The summed E-state index contributed by atoms with van der Waals surface area (Å²) >= 11 is 4.12. The van der Waals surface area contributed by atoms with Crippen molar-refractivity contribution in [2.24, 2.45) is 11.3 Å². The minimum absolute atomic E-state index is 0.573. The fourth-order valence-electron chi connectivity index (χ4n) is 3.82. The third kappa shape index (κ3) is 1.08. The Morgan fingerprint density at radius 3 is 2.23 bits per heavy atom. The molecule has 0 spiro atoms. The van der Waals surface area contributed by atoms with E-state index in [1.165, 1.54) is 25.7 Å². The first kappa shape index (κ1) is 10.2. The summed E-state index contributed by atoms with van der Waals surface area (Å²) in [5.74, 6) is 1.00. The van der Waals surface area contributed by atoms with E-state index in [1.807, 2.05) is 0 Å². The Hall–Kier alpha value is 0.697. The fraction of sp³-hybridized carbons (Fsp3) is 1.00. The second-order valence-electron chi connectivity index (χ2n) is 6.18. The van der Waals surface area contributed by atoms with E-state index >= 15 is 0 Å². The second-order valence-corrected chi connectivity index (χ2v) is 13.4. The highest BCUT2D eigenvalue weighted by Gasteiger charge is 2.76. The molecule has 0 unspecified atom stereocenters. The van der Waals surface area contributed by atoms with Gasteiger partial charge in [-0.05, 0) is 24.2 Å². The molecule has 2 saturated carbocycles. The monoisotopic (exact) mass is 260 g/mol. The summed E-state index contributed by atoms with van der Waals surface area (Å²) in [5, 5.41) is 0. The van der Waals surface area contributed by atoms with Gasteiger partial charge in [0.25, 0.3) is 0 Å². The molecule has 0 nitrogen and oxygen atoms in total. The number of hydrogen-bond donors (Lipinski definition) is 0. The number of hydrogen-bond acceptors (Lipinski definition) is 0. The summed E-state index contributed by atoms with van der Waals surface area (Å²) < 4.78 is 0.573. The van der Waals surface area contributed by atoms with E-state index in [1.54, 1.807) is 0 Å². The highest BCUT2D eigenvalue weighted by molar-refractivity contribution is 9.10. The van der Waals surface area contributed by atoms with Crippen molar-refractivity contribution in [3.8, 4) is 0 Å². The Balaban J connectivity index is 2.28. The van der Waals surface area contributed by atoms with Crippen LogP contribution in [-0.2, 0) is 0 Å². The standard InChI is InChI=1S/C11H21BrSi/c1-10-8-6-5-7-9(10)11(10,12)13(2,3)4/h9H,5-8H2,1-4H3/t9-,10+,11+/m1/s1. The second kappa shape index (κ2) is 2.63. The molecule has 0 bridgehead atoms. The van der Waals surface area contributed by atoms with Crippen LogP contribution in [0.4, 0.5) is 0 Å². The molecule has 0 N–H and O–H groups in total. The third-order valence-electron chi connectivity index (χ3n) is 4.53. The van der Waals surface area contributed by atoms with Gasteiger partial charge in [-0.15, -0.1) is 0 Å². The number of halogens is 1. The number of alkyl halides is 1.